The molecule has 0 atom stereocenters. The number of rotatable bonds is 7. The van der Waals surface area contributed by atoms with Crippen LogP contribution in [0.3, 0.4) is 0 Å². The highest BCUT2D eigenvalue weighted by Gasteiger charge is 2.11. The third kappa shape index (κ3) is 5.61. The molecule has 0 aliphatic carbocycles. The lowest BCUT2D eigenvalue weighted by Gasteiger charge is -2.06. The number of nitrogens with zero attached hydrogens (tertiary/aromatic N) is 2. The highest BCUT2D eigenvalue weighted by atomic mass is 79.9. The number of carbonyl (C=O) groups excluding carboxylic acids is 2. The average molecular weight is 435 g/mol. The van der Waals surface area contributed by atoms with Crippen molar-refractivity contribution < 1.29 is 19.2 Å². The Labute approximate surface area is 162 Å². The highest BCUT2D eigenvalue weighted by Crippen LogP contribution is 2.22. The highest BCUT2D eigenvalue weighted by molar-refractivity contribution is 9.10. The van der Waals surface area contributed by atoms with Crippen LogP contribution in [0.15, 0.2) is 52.0 Å². The van der Waals surface area contributed by atoms with Crippen LogP contribution in [0.25, 0.3) is 0 Å². The first-order chi connectivity index (χ1) is 12.9. The Morgan fingerprint density at radius 3 is 2.70 bits per heavy atom. The lowest BCUT2D eigenvalue weighted by Crippen LogP contribution is -2.35. The minimum absolute atomic E-state index is 0.135. The number of hydrogen-bond acceptors (Lipinski definition) is 6. The Balaban J connectivity index is 1.93. The van der Waals surface area contributed by atoms with Crippen molar-refractivity contribution in [2.24, 2.45) is 5.10 Å². The molecule has 0 bridgehead atoms. The molecular weight excluding hydrogens is 420 g/mol. The van der Waals surface area contributed by atoms with Crippen LogP contribution >= 0.6 is 15.9 Å². The normalized spacial score (nSPS) is 10.4. The maximum Gasteiger partial charge on any atom is 0.270 e. The first-order valence-corrected chi connectivity index (χ1v) is 8.38. The van der Waals surface area contributed by atoms with Crippen molar-refractivity contribution in [3.05, 3.63) is 68.2 Å². The molecule has 10 heteroatoms. The van der Waals surface area contributed by atoms with Gasteiger partial charge in [0.05, 0.1) is 30.4 Å². The van der Waals surface area contributed by atoms with Gasteiger partial charge in [-0.3, -0.25) is 19.7 Å². The van der Waals surface area contributed by atoms with E-state index in [2.05, 4.69) is 31.8 Å². The van der Waals surface area contributed by atoms with Gasteiger partial charge in [0.25, 0.3) is 17.5 Å². The molecule has 0 aliphatic rings. The number of halogens is 1. The Hall–Kier alpha value is -3.27. The van der Waals surface area contributed by atoms with Crippen LogP contribution in [0.5, 0.6) is 5.75 Å². The van der Waals surface area contributed by atoms with E-state index in [9.17, 15) is 19.7 Å². The zero-order valence-electron chi connectivity index (χ0n) is 14.1. The zero-order chi connectivity index (χ0) is 19.8. The first-order valence-electron chi connectivity index (χ1n) is 7.59. The van der Waals surface area contributed by atoms with E-state index < -0.39 is 16.7 Å². The van der Waals surface area contributed by atoms with Crippen LogP contribution in [0.2, 0.25) is 0 Å². The third-order valence-electron chi connectivity index (χ3n) is 3.34. The standard InChI is InChI=1S/C17H15BrN4O5/c1-27-15-7-6-12(22(25)26)8-11(15)9-20-21-16(23)10-19-17(24)13-4-2-3-5-14(13)18/h2-9H,10H2,1H3,(H,19,24)(H,21,23). The number of amides is 2. The van der Waals surface area contributed by atoms with Gasteiger partial charge in [-0.15, -0.1) is 0 Å². The monoisotopic (exact) mass is 434 g/mol. The number of nitrogens with one attached hydrogen (secondary N) is 2. The van der Waals surface area contributed by atoms with E-state index in [0.29, 0.717) is 21.3 Å². The van der Waals surface area contributed by atoms with Gasteiger partial charge in [-0.25, -0.2) is 5.43 Å². The van der Waals surface area contributed by atoms with E-state index >= 15 is 0 Å². The molecular formula is C17H15BrN4O5. The molecule has 0 spiro atoms. The van der Waals surface area contributed by atoms with E-state index in [-0.39, 0.29) is 12.2 Å². The number of benzene rings is 2. The molecule has 0 radical (unpaired) electrons. The van der Waals surface area contributed by atoms with Crippen molar-refractivity contribution in [1.29, 1.82) is 0 Å². The van der Waals surface area contributed by atoms with Crippen LogP contribution in [0.4, 0.5) is 5.69 Å². The summed E-state index contributed by atoms with van der Waals surface area (Å²) in [5.74, 6) is -0.612. The van der Waals surface area contributed by atoms with Crippen LogP contribution < -0.4 is 15.5 Å². The Morgan fingerprint density at radius 2 is 2.04 bits per heavy atom. The SMILES string of the molecule is COc1ccc([N+](=O)[O-])cc1C=NNC(=O)CNC(=O)c1ccccc1Br. The number of nitro groups is 1. The Kier molecular flexibility index (Phi) is 7.00. The molecule has 0 aromatic heterocycles. The predicted molar refractivity (Wildman–Crippen MR) is 102 cm³/mol. The van der Waals surface area contributed by atoms with Crippen molar-refractivity contribution >= 4 is 39.6 Å². The summed E-state index contributed by atoms with van der Waals surface area (Å²) in [7, 11) is 1.41. The van der Waals surface area contributed by atoms with Crippen LogP contribution in [0.1, 0.15) is 15.9 Å². The maximum atomic E-state index is 12.0. The number of hydrazone groups is 1. The van der Waals surface area contributed by atoms with Crippen molar-refractivity contribution in [3.63, 3.8) is 0 Å². The second kappa shape index (κ2) is 9.43. The van der Waals surface area contributed by atoms with E-state index in [1.807, 2.05) is 0 Å². The fourth-order valence-corrected chi connectivity index (χ4v) is 2.52. The van der Waals surface area contributed by atoms with Crippen LogP contribution in [-0.2, 0) is 4.79 Å². The topological polar surface area (TPSA) is 123 Å². The summed E-state index contributed by atoms with van der Waals surface area (Å²) in [4.78, 5) is 34.1. The molecule has 2 aromatic carbocycles. The predicted octanol–water partition coefficient (Wildman–Crippen LogP) is 2.25. The number of methoxy groups -OCH3 is 1. The molecule has 0 fully saturated rings. The van der Waals surface area contributed by atoms with Gasteiger partial charge in [0.1, 0.15) is 5.75 Å². The van der Waals surface area contributed by atoms with Crippen molar-refractivity contribution in [2.75, 3.05) is 13.7 Å². The van der Waals surface area contributed by atoms with E-state index in [4.69, 9.17) is 4.74 Å². The number of hydrogen-bond donors (Lipinski definition) is 2. The summed E-state index contributed by atoms with van der Waals surface area (Å²) in [5.41, 5.74) is 2.82. The molecule has 2 aromatic rings. The molecule has 0 unspecified atom stereocenters. The minimum Gasteiger partial charge on any atom is -0.496 e. The summed E-state index contributed by atoms with van der Waals surface area (Å²) < 4.78 is 5.70. The molecule has 9 nitrogen and oxygen atoms in total. The van der Waals surface area contributed by atoms with Gasteiger partial charge in [0.15, 0.2) is 0 Å². The Bertz CT molecular complexity index is 901. The Morgan fingerprint density at radius 1 is 1.30 bits per heavy atom. The fourth-order valence-electron chi connectivity index (χ4n) is 2.05. The minimum atomic E-state index is -0.559. The van der Waals surface area contributed by atoms with E-state index in [1.54, 1.807) is 24.3 Å². The zero-order valence-corrected chi connectivity index (χ0v) is 15.7. The van der Waals surface area contributed by atoms with Gasteiger partial charge >= 0.3 is 0 Å². The number of non-ortho nitro benzene ring substituents is 1. The number of nitro benzene ring substituents is 1. The summed E-state index contributed by atoms with van der Waals surface area (Å²) in [6.07, 6.45) is 1.22. The van der Waals surface area contributed by atoms with Gasteiger partial charge in [-0.1, -0.05) is 12.1 Å². The fraction of sp³-hybridized carbons (Fsp3) is 0.118. The third-order valence-corrected chi connectivity index (χ3v) is 4.04. The summed E-state index contributed by atoms with van der Waals surface area (Å²) >= 11 is 3.26. The quantitative estimate of drug-likeness (QED) is 0.392. The molecule has 2 amide bonds. The first kappa shape index (κ1) is 20.0. The van der Waals surface area contributed by atoms with E-state index in [0.717, 1.165) is 0 Å². The van der Waals surface area contributed by atoms with Gasteiger partial charge < -0.3 is 10.1 Å². The second-order valence-electron chi connectivity index (χ2n) is 5.14. The van der Waals surface area contributed by atoms with Gasteiger partial charge in [-0.2, -0.15) is 5.10 Å². The molecule has 2 rings (SSSR count). The van der Waals surface area contributed by atoms with Crippen molar-refractivity contribution in [1.82, 2.24) is 10.7 Å². The van der Waals surface area contributed by atoms with Crippen LogP contribution in [-0.4, -0.2) is 36.6 Å². The number of ether oxygens (including phenoxy) is 1. The summed E-state index contributed by atoms with van der Waals surface area (Å²) in [6, 6.07) is 10.8. The molecule has 0 saturated heterocycles. The average Bonchev–Trinajstić information content (AvgIpc) is 2.66. The summed E-state index contributed by atoms with van der Waals surface area (Å²) in [6.45, 7) is -0.288. The van der Waals surface area contributed by atoms with Crippen LogP contribution in [0, 0.1) is 10.1 Å². The lowest BCUT2D eigenvalue weighted by molar-refractivity contribution is -0.384. The second-order valence-corrected chi connectivity index (χ2v) is 5.99. The van der Waals surface area contributed by atoms with Crippen molar-refractivity contribution in [2.45, 2.75) is 0 Å². The van der Waals surface area contributed by atoms with Gasteiger partial charge in [0.2, 0.25) is 0 Å². The summed E-state index contributed by atoms with van der Waals surface area (Å²) in [5, 5.41) is 17.0. The van der Waals surface area contributed by atoms with E-state index in [1.165, 1.54) is 31.5 Å². The molecule has 27 heavy (non-hydrogen) atoms. The van der Waals surface area contributed by atoms with Crippen molar-refractivity contribution in [3.8, 4) is 5.75 Å². The van der Waals surface area contributed by atoms with Gasteiger partial charge in [-0.05, 0) is 34.1 Å². The smallest absolute Gasteiger partial charge is 0.270 e. The largest absolute Gasteiger partial charge is 0.496 e. The maximum absolute atomic E-state index is 12.0. The molecule has 0 heterocycles. The lowest BCUT2D eigenvalue weighted by atomic mass is 10.2. The van der Waals surface area contributed by atoms with Gasteiger partial charge in [0, 0.05) is 22.2 Å². The number of carbonyl (C=O) groups is 2. The molecule has 2 N–H and O–H groups in total. The molecule has 0 saturated carbocycles. The molecule has 140 valence electrons. The molecule has 0 aliphatic heterocycles.